The zero-order valence-electron chi connectivity index (χ0n) is 21.3. The van der Waals surface area contributed by atoms with Gasteiger partial charge in [-0.25, -0.2) is 4.99 Å². The number of benzene rings is 5. The van der Waals surface area contributed by atoms with Crippen LogP contribution in [0.5, 0.6) is 0 Å². The Labute approximate surface area is 221 Å². The predicted molar refractivity (Wildman–Crippen MR) is 159 cm³/mol. The van der Waals surface area contributed by atoms with Crippen LogP contribution in [0, 0.1) is 12.3 Å². The van der Waals surface area contributed by atoms with Crippen molar-refractivity contribution < 1.29 is 4.42 Å². The summed E-state index contributed by atoms with van der Waals surface area (Å²) in [6.07, 6.45) is 0. The van der Waals surface area contributed by atoms with Crippen LogP contribution >= 0.6 is 0 Å². The highest BCUT2D eigenvalue weighted by molar-refractivity contribution is 6.20. The summed E-state index contributed by atoms with van der Waals surface area (Å²) >= 11 is 0. The lowest BCUT2D eigenvalue weighted by Gasteiger charge is -2.12. The molecule has 0 saturated carbocycles. The minimum absolute atomic E-state index is 0.220. The summed E-state index contributed by atoms with van der Waals surface area (Å²) < 4.78 is 6.18. The highest BCUT2D eigenvalue weighted by Crippen LogP contribution is 2.35. The SMILES string of the molecule is CC(=NC(=N)c1cccc2oc3ccc(-c4ccc(Nc5ccccc5)c(C)c4)cc3c12)c1ccccc1. The van der Waals surface area contributed by atoms with E-state index in [1.54, 1.807) is 0 Å². The van der Waals surface area contributed by atoms with Crippen molar-refractivity contribution >= 4 is 44.9 Å². The van der Waals surface area contributed by atoms with Crippen molar-refractivity contribution in [2.24, 2.45) is 4.99 Å². The van der Waals surface area contributed by atoms with Crippen LogP contribution in [0.25, 0.3) is 33.1 Å². The number of furan rings is 1. The number of hydrogen-bond donors (Lipinski definition) is 2. The second kappa shape index (κ2) is 9.83. The Morgan fingerprint density at radius 1 is 0.737 bits per heavy atom. The van der Waals surface area contributed by atoms with Gasteiger partial charge in [0.05, 0.1) is 0 Å². The van der Waals surface area contributed by atoms with Gasteiger partial charge in [0.15, 0.2) is 5.84 Å². The van der Waals surface area contributed by atoms with E-state index in [1.165, 1.54) is 0 Å². The van der Waals surface area contributed by atoms with Gasteiger partial charge >= 0.3 is 0 Å². The van der Waals surface area contributed by atoms with Crippen LogP contribution in [0.15, 0.2) is 125 Å². The molecule has 0 bridgehead atoms. The number of nitrogens with one attached hydrogen (secondary N) is 2. The van der Waals surface area contributed by atoms with Crippen LogP contribution in [0.4, 0.5) is 11.4 Å². The summed E-state index contributed by atoms with van der Waals surface area (Å²) in [5, 5.41) is 14.2. The lowest BCUT2D eigenvalue weighted by atomic mass is 9.99. The fourth-order valence-electron chi connectivity index (χ4n) is 4.84. The largest absolute Gasteiger partial charge is 0.456 e. The standard InChI is InChI=1S/C34H27N3O/c1-22-20-25(16-18-30(22)37-27-12-7-4-8-13-27)26-17-19-31-29(21-26)33-28(14-9-15-32(33)38-31)34(35)36-23(2)24-10-5-3-6-11-24/h3-21,35,37H,1-2H3. The van der Waals surface area contributed by atoms with Gasteiger partial charge in [-0.3, -0.25) is 5.41 Å². The van der Waals surface area contributed by atoms with Gasteiger partial charge in [0.2, 0.25) is 0 Å². The lowest BCUT2D eigenvalue weighted by molar-refractivity contribution is 0.669. The van der Waals surface area contributed by atoms with E-state index < -0.39 is 0 Å². The van der Waals surface area contributed by atoms with Gasteiger partial charge in [0.1, 0.15) is 11.2 Å². The maximum atomic E-state index is 8.83. The number of aryl methyl sites for hydroxylation is 1. The molecule has 0 aliphatic heterocycles. The maximum absolute atomic E-state index is 8.83. The van der Waals surface area contributed by atoms with Gasteiger partial charge < -0.3 is 9.73 Å². The van der Waals surface area contributed by atoms with Crippen molar-refractivity contribution in [2.75, 3.05) is 5.32 Å². The summed E-state index contributed by atoms with van der Waals surface area (Å²) in [6.45, 7) is 4.06. The van der Waals surface area contributed by atoms with Crippen LogP contribution in [-0.2, 0) is 0 Å². The molecule has 184 valence electrons. The molecule has 0 spiro atoms. The maximum Gasteiger partial charge on any atom is 0.152 e. The topological polar surface area (TPSA) is 61.4 Å². The molecular formula is C34H27N3O. The summed E-state index contributed by atoms with van der Waals surface area (Å²) in [5.74, 6) is 0.220. The molecule has 0 aliphatic carbocycles. The predicted octanol–water partition coefficient (Wildman–Crippen LogP) is 9.14. The van der Waals surface area contributed by atoms with E-state index in [1.807, 2.05) is 79.7 Å². The number of fused-ring (bicyclic) bond motifs is 3. The number of amidine groups is 1. The number of anilines is 2. The summed E-state index contributed by atoms with van der Waals surface area (Å²) in [5.41, 5.74) is 9.65. The van der Waals surface area contributed by atoms with E-state index in [2.05, 4.69) is 59.7 Å². The number of hydrogen-bond acceptors (Lipinski definition) is 3. The van der Waals surface area contributed by atoms with E-state index in [-0.39, 0.29) is 5.84 Å². The molecule has 0 radical (unpaired) electrons. The number of para-hydroxylation sites is 1. The van der Waals surface area contributed by atoms with Gasteiger partial charge in [0.25, 0.3) is 0 Å². The molecular weight excluding hydrogens is 466 g/mol. The first kappa shape index (κ1) is 23.4. The van der Waals surface area contributed by atoms with E-state index in [0.29, 0.717) is 0 Å². The number of aliphatic imine (C=N–C) groups is 1. The first-order valence-corrected chi connectivity index (χ1v) is 12.6. The zero-order valence-corrected chi connectivity index (χ0v) is 21.3. The quantitative estimate of drug-likeness (QED) is 0.186. The van der Waals surface area contributed by atoms with E-state index in [0.717, 1.165) is 66.8 Å². The molecule has 0 saturated heterocycles. The molecule has 2 N–H and O–H groups in total. The molecule has 0 amide bonds. The molecule has 1 aromatic heterocycles. The van der Waals surface area contributed by atoms with Crippen molar-refractivity contribution in [3.63, 3.8) is 0 Å². The Morgan fingerprint density at radius 3 is 2.21 bits per heavy atom. The minimum Gasteiger partial charge on any atom is -0.456 e. The second-order valence-corrected chi connectivity index (χ2v) is 9.42. The molecule has 4 heteroatoms. The molecule has 5 aromatic carbocycles. The van der Waals surface area contributed by atoms with Gasteiger partial charge in [-0.05, 0) is 78.6 Å². The minimum atomic E-state index is 0.220. The van der Waals surface area contributed by atoms with Crippen molar-refractivity contribution in [3.8, 4) is 11.1 Å². The van der Waals surface area contributed by atoms with Gasteiger partial charge in [-0.15, -0.1) is 0 Å². The average molecular weight is 494 g/mol. The highest BCUT2D eigenvalue weighted by Gasteiger charge is 2.15. The summed E-state index contributed by atoms with van der Waals surface area (Å²) in [7, 11) is 0. The summed E-state index contributed by atoms with van der Waals surface area (Å²) in [6, 6.07) is 38.7. The van der Waals surface area contributed by atoms with Crippen molar-refractivity contribution in [2.45, 2.75) is 13.8 Å². The van der Waals surface area contributed by atoms with E-state index in [9.17, 15) is 0 Å². The molecule has 0 fully saturated rings. The number of nitrogens with zero attached hydrogens (tertiary/aromatic N) is 1. The Bertz CT molecular complexity index is 1820. The third-order valence-electron chi connectivity index (χ3n) is 6.83. The van der Waals surface area contributed by atoms with E-state index in [4.69, 9.17) is 9.83 Å². The molecule has 38 heavy (non-hydrogen) atoms. The Hall–Kier alpha value is -4.96. The van der Waals surface area contributed by atoms with E-state index >= 15 is 0 Å². The summed E-state index contributed by atoms with van der Waals surface area (Å²) in [4.78, 5) is 4.64. The van der Waals surface area contributed by atoms with Crippen LogP contribution in [0.3, 0.4) is 0 Å². The zero-order chi connectivity index (χ0) is 26.1. The molecule has 0 atom stereocenters. The fraction of sp³-hybridized carbons (Fsp3) is 0.0588. The monoisotopic (exact) mass is 493 g/mol. The Kier molecular flexibility index (Phi) is 6.06. The van der Waals surface area contributed by atoms with Gasteiger partial charge in [-0.1, -0.05) is 72.8 Å². The molecule has 6 rings (SSSR count). The fourth-order valence-corrected chi connectivity index (χ4v) is 4.84. The molecule has 6 aromatic rings. The smallest absolute Gasteiger partial charge is 0.152 e. The average Bonchev–Trinajstić information content (AvgIpc) is 3.33. The van der Waals surface area contributed by atoms with Crippen molar-refractivity contribution in [1.82, 2.24) is 0 Å². The Morgan fingerprint density at radius 2 is 1.45 bits per heavy atom. The van der Waals surface area contributed by atoms with Gasteiger partial charge in [0, 0.05) is 33.4 Å². The molecule has 0 aliphatic rings. The lowest BCUT2D eigenvalue weighted by Crippen LogP contribution is -2.02. The van der Waals surface area contributed by atoms with Crippen molar-refractivity contribution in [3.05, 3.63) is 132 Å². The first-order chi connectivity index (χ1) is 18.6. The third kappa shape index (κ3) is 4.48. The first-order valence-electron chi connectivity index (χ1n) is 12.6. The van der Waals surface area contributed by atoms with Crippen LogP contribution < -0.4 is 5.32 Å². The molecule has 4 nitrogen and oxygen atoms in total. The molecule has 1 heterocycles. The Balaban J connectivity index is 1.39. The third-order valence-corrected chi connectivity index (χ3v) is 6.83. The second-order valence-electron chi connectivity index (χ2n) is 9.42. The molecule has 0 unspecified atom stereocenters. The normalized spacial score (nSPS) is 11.7. The number of rotatable bonds is 5. The van der Waals surface area contributed by atoms with Crippen LogP contribution in [-0.4, -0.2) is 11.5 Å². The van der Waals surface area contributed by atoms with Crippen molar-refractivity contribution in [1.29, 1.82) is 5.41 Å². The van der Waals surface area contributed by atoms with Gasteiger partial charge in [-0.2, -0.15) is 0 Å². The highest BCUT2D eigenvalue weighted by atomic mass is 16.3. The van der Waals surface area contributed by atoms with Crippen LogP contribution in [0.2, 0.25) is 0 Å². The van der Waals surface area contributed by atoms with Crippen LogP contribution in [0.1, 0.15) is 23.6 Å².